The minimum absolute atomic E-state index is 0.203. The van der Waals surface area contributed by atoms with Crippen LogP contribution >= 0.6 is 0 Å². The number of benzene rings is 2. The maximum atomic E-state index is 9.46. The molecule has 0 radical (unpaired) electrons. The fraction of sp³-hybridized carbons (Fsp3) is 0.400. The van der Waals surface area contributed by atoms with Crippen LogP contribution in [-0.2, 0) is 0 Å². The van der Waals surface area contributed by atoms with Crippen LogP contribution in [0.15, 0.2) is 48.5 Å². The molecule has 2 atom stereocenters. The molecule has 112 valence electrons. The molecule has 0 amide bonds. The van der Waals surface area contributed by atoms with Crippen LogP contribution in [0.3, 0.4) is 0 Å². The number of aliphatic hydroxyl groups is 1. The van der Waals surface area contributed by atoms with Crippen molar-refractivity contribution in [3.8, 4) is 11.1 Å². The van der Waals surface area contributed by atoms with Crippen molar-refractivity contribution < 1.29 is 5.11 Å². The minimum Gasteiger partial charge on any atom is -0.393 e. The molecule has 1 N–H and O–H groups in total. The fourth-order valence-corrected chi connectivity index (χ4v) is 2.74. The van der Waals surface area contributed by atoms with Crippen LogP contribution in [0.2, 0.25) is 0 Å². The number of aliphatic hydroxyl groups excluding tert-OH is 1. The Morgan fingerprint density at radius 2 is 1.38 bits per heavy atom. The maximum Gasteiger partial charge on any atom is 0.0512 e. The molecule has 21 heavy (non-hydrogen) atoms. The van der Waals surface area contributed by atoms with Gasteiger partial charge in [0.25, 0.3) is 0 Å². The minimum atomic E-state index is -0.203. The standard InChI is InChI=1S/C20H26O/c1-4-17(10-7-16(3)21)18-11-13-20(14-12-18)19-8-5-15(2)6-9-19/h5-6,8-9,11-14,16-17,21H,4,7,10H2,1-3H3. The van der Waals surface area contributed by atoms with E-state index in [1.807, 2.05) is 6.92 Å². The van der Waals surface area contributed by atoms with Crippen molar-refractivity contribution in [2.24, 2.45) is 0 Å². The van der Waals surface area contributed by atoms with E-state index in [0.717, 1.165) is 19.3 Å². The highest BCUT2D eigenvalue weighted by atomic mass is 16.3. The topological polar surface area (TPSA) is 20.2 Å². The van der Waals surface area contributed by atoms with Crippen LogP contribution < -0.4 is 0 Å². The molecular weight excluding hydrogens is 256 g/mol. The lowest BCUT2D eigenvalue weighted by atomic mass is 9.90. The van der Waals surface area contributed by atoms with E-state index in [4.69, 9.17) is 0 Å². The molecular formula is C20H26O. The van der Waals surface area contributed by atoms with Gasteiger partial charge in [0.1, 0.15) is 0 Å². The van der Waals surface area contributed by atoms with Gasteiger partial charge in [-0.05, 0) is 55.7 Å². The van der Waals surface area contributed by atoms with Gasteiger partial charge < -0.3 is 5.11 Å². The van der Waals surface area contributed by atoms with Crippen molar-refractivity contribution in [1.29, 1.82) is 0 Å². The second-order valence-electron chi connectivity index (χ2n) is 6.02. The normalized spacial score (nSPS) is 13.9. The van der Waals surface area contributed by atoms with E-state index < -0.39 is 0 Å². The highest BCUT2D eigenvalue weighted by Crippen LogP contribution is 2.28. The molecule has 1 nitrogen and oxygen atoms in total. The molecule has 0 saturated carbocycles. The summed E-state index contributed by atoms with van der Waals surface area (Å²) in [7, 11) is 0. The fourth-order valence-electron chi connectivity index (χ4n) is 2.74. The van der Waals surface area contributed by atoms with Crippen LogP contribution in [0.25, 0.3) is 11.1 Å². The molecule has 0 fully saturated rings. The van der Waals surface area contributed by atoms with Crippen molar-refractivity contribution in [2.45, 2.75) is 52.1 Å². The molecule has 2 aromatic rings. The number of hydrogen-bond donors (Lipinski definition) is 1. The third-order valence-electron chi connectivity index (χ3n) is 4.19. The quantitative estimate of drug-likeness (QED) is 0.760. The molecule has 0 heterocycles. The average molecular weight is 282 g/mol. The lowest BCUT2D eigenvalue weighted by molar-refractivity contribution is 0.178. The largest absolute Gasteiger partial charge is 0.393 e. The van der Waals surface area contributed by atoms with Crippen LogP contribution in [0.4, 0.5) is 0 Å². The van der Waals surface area contributed by atoms with Gasteiger partial charge in [-0.3, -0.25) is 0 Å². The van der Waals surface area contributed by atoms with Crippen molar-refractivity contribution in [2.75, 3.05) is 0 Å². The molecule has 0 aromatic heterocycles. The van der Waals surface area contributed by atoms with Gasteiger partial charge in [-0.1, -0.05) is 61.0 Å². The van der Waals surface area contributed by atoms with E-state index in [2.05, 4.69) is 62.4 Å². The van der Waals surface area contributed by atoms with Crippen LogP contribution in [0.5, 0.6) is 0 Å². The van der Waals surface area contributed by atoms with Crippen LogP contribution in [0, 0.1) is 6.92 Å². The zero-order valence-electron chi connectivity index (χ0n) is 13.3. The number of aryl methyl sites for hydroxylation is 1. The summed E-state index contributed by atoms with van der Waals surface area (Å²) in [5.74, 6) is 0.548. The van der Waals surface area contributed by atoms with Crippen molar-refractivity contribution >= 4 is 0 Å². The van der Waals surface area contributed by atoms with E-state index in [-0.39, 0.29) is 6.10 Å². The summed E-state index contributed by atoms with van der Waals surface area (Å²) in [5, 5.41) is 9.46. The Bertz CT molecular complexity index is 537. The van der Waals surface area contributed by atoms with E-state index in [1.54, 1.807) is 0 Å². The molecule has 1 heteroatoms. The molecule has 2 aromatic carbocycles. The van der Waals surface area contributed by atoms with Crippen molar-refractivity contribution in [1.82, 2.24) is 0 Å². The van der Waals surface area contributed by atoms with Crippen LogP contribution in [0.1, 0.15) is 50.2 Å². The Kier molecular flexibility index (Phi) is 5.58. The average Bonchev–Trinajstić information content (AvgIpc) is 2.49. The first kappa shape index (κ1) is 15.8. The van der Waals surface area contributed by atoms with Crippen LogP contribution in [-0.4, -0.2) is 11.2 Å². The Hall–Kier alpha value is -1.60. The Labute approximate surface area is 128 Å². The van der Waals surface area contributed by atoms with Gasteiger partial charge in [0.15, 0.2) is 0 Å². The van der Waals surface area contributed by atoms with Gasteiger partial charge >= 0.3 is 0 Å². The predicted octanol–water partition coefficient (Wildman–Crippen LogP) is 5.32. The van der Waals surface area contributed by atoms with Gasteiger partial charge in [-0.2, -0.15) is 0 Å². The molecule has 0 aliphatic heterocycles. The molecule has 0 aliphatic rings. The molecule has 0 spiro atoms. The molecule has 0 bridgehead atoms. The molecule has 0 aliphatic carbocycles. The summed E-state index contributed by atoms with van der Waals surface area (Å²) >= 11 is 0. The number of hydrogen-bond acceptors (Lipinski definition) is 1. The lowest BCUT2D eigenvalue weighted by Gasteiger charge is -2.17. The van der Waals surface area contributed by atoms with Gasteiger partial charge in [0.2, 0.25) is 0 Å². The monoisotopic (exact) mass is 282 g/mol. The summed E-state index contributed by atoms with van der Waals surface area (Å²) < 4.78 is 0. The smallest absolute Gasteiger partial charge is 0.0512 e. The molecule has 0 saturated heterocycles. The summed E-state index contributed by atoms with van der Waals surface area (Å²) in [4.78, 5) is 0. The van der Waals surface area contributed by atoms with Gasteiger partial charge in [0.05, 0.1) is 6.10 Å². The highest BCUT2D eigenvalue weighted by Gasteiger charge is 2.10. The van der Waals surface area contributed by atoms with Gasteiger partial charge in [0, 0.05) is 0 Å². The lowest BCUT2D eigenvalue weighted by Crippen LogP contribution is -2.04. The number of rotatable bonds is 6. The Morgan fingerprint density at radius 3 is 1.86 bits per heavy atom. The van der Waals surface area contributed by atoms with Crippen molar-refractivity contribution in [3.05, 3.63) is 59.7 Å². The summed E-state index contributed by atoms with van der Waals surface area (Å²) in [6, 6.07) is 17.6. The van der Waals surface area contributed by atoms with E-state index >= 15 is 0 Å². The Morgan fingerprint density at radius 1 is 0.857 bits per heavy atom. The zero-order chi connectivity index (χ0) is 15.2. The predicted molar refractivity (Wildman–Crippen MR) is 90.6 cm³/mol. The van der Waals surface area contributed by atoms with Gasteiger partial charge in [-0.15, -0.1) is 0 Å². The third kappa shape index (κ3) is 4.44. The van der Waals surface area contributed by atoms with E-state index in [1.165, 1.54) is 22.3 Å². The molecule has 2 unspecified atom stereocenters. The summed E-state index contributed by atoms with van der Waals surface area (Å²) in [6.45, 7) is 6.20. The maximum absolute atomic E-state index is 9.46. The SMILES string of the molecule is CCC(CCC(C)O)c1ccc(-c2ccc(C)cc2)cc1. The highest BCUT2D eigenvalue weighted by molar-refractivity contribution is 5.64. The van der Waals surface area contributed by atoms with Crippen molar-refractivity contribution in [3.63, 3.8) is 0 Å². The summed E-state index contributed by atoms with van der Waals surface area (Å²) in [5.41, 5.74) is 5.21. The summed E-state index contributed by atoms with van der Waals surface area (Å²) in [6.07, 6.45) is 2.85. The Balaban J connectivity index is 2.11. The first-order valence-corrected chi connectivity index (χ1v) is 7.95. The molecule has 2 rings (SSSR count). The second-order valence-corrected chi connectivity index (χ2v) is 6.02. The van der Waals surface area contributed by atoms with Gasteiger partial charge in [-0.25, -0.2) is 0 Å². The zero-order valence-corrected chi connectivity index (χ0v) is 13.3. The third-order valence-corrected chi connectivity index (χ3v) is 4.19. The second kappa shape index (κ2) is 7.42. The first-order valence-electron chi connectivity index (χ1n) is 7.95. The first-order chi connectivity index (χ1) is 10.1. The van der Waals surface area contributed by atoms with E-state index in [0.29, 0.717) is 5.92 Å². The van der Waals surface area contributed by atoms with E-state index in [9.17, 15) is 5.11 Å².